The topological polar surface area (TPSA) is 35.5 Å². The minimum Gasteiger partial charge on any atom is -0.435 e. The summed E-state index contributed by atoms with van der Waals surface area (Å²) in [6.07, 6.45) is -14.3. The Morgan fingerprint density at radius 2 is 1.35 bits per heavy atom. The normalized spacial score (nSPS) is 13.4. The van der Waals surface area contributed by atoms with Crippen molar-refractivity contribution in [1.82, 2.24) is 0 Å². The molecular formula is C7H7F7O3. The number of ether oxygens (including phenoxy) is 2. The van der Waals surface area contributed by atoms with Gasteiger partial charge in [-0.1, -0.05) is 0 Å². The lowest BCUT2D eigenvalue weighted by molar-refractivity contribution is -0.349. The molecule has 0 unspecified atom stereocenters. The molecule has 0 spiro atoms. The van der Waals surface area contributed by atoms with E-state index in [2.05, 4.69) is 9.47 Å². The van der Waals surface area contributed by atoms with Crippen LogP contribution in [0.1, 0.15) is 6.92 Å². The molecule has 0 heterocycles. The lowest BCUT2D eigenvalue weighted by Crippen LogP contribution is -2.56. The molecule has 0 aromatic heterocycles. The summed E-state index contributed by atoms with van der Waals surface area (Å²) in [4.78, 5) is 10.4. The number of carbonyl (C=O) groups is 1. The van der Waals surface area contributed by atoms with E-state index in [1.807, 2.05) is 0 Å². The Morgan fingerprint density at radius 1 is 0.941 bits per heavy atom. The predicted molar refractivity (Wildman–Crippen MR) is 38.9 cm³/mol. The summed E-state index contributed by atoms with van der Waals surface area (Å²) in [5.74, 6) is 0. The van der Waals surface area contributed by atoms with E-state index in [-0.39, 0.29) is 6.61 Å². The van der Waals surface area contributed by atoms with Crippen molar-refractivity contribution in [1.29, 1.82) is 0 Å². The Kier molecular flexibility index (Phi) is 4.61. The first-order valence-electron chi connectivity index (χ1n) is 4.07. The van der Waals surface area contributed by atoms with Crippen LogP contribution in [-0.2, 0) is 9.47 Å². The molecule has 102 valence electrons. The zero-order valence-electron chi connectivity index (χ0n) is 8.28. The largest absolute Gasteiger partial charge is 0.508 e. The zero-order valence-corrected chi connectivity index (χ0v) is 8.28. The molecule has 0 amide bonds. The van der Waals surface area contributed by atoms with Gasteiger partial charge in [-0.2, -0.15) is 26.3 Å². The number of hydrogen-bond acceptors (Lipinski definition) is 3. The second kappa shape index (κ2) is 4.96. The van der Waals surface area contributed by atoms with E-state index in [4.69, 9.17) is 0 Å². The molecule has 0 saturated carbocycles. The molecule has 10 heteroatoms. The average molecular weight is 272 g/mol. The highest BCUT2D eigenvalue weighted by molar-refractivity contribution is 5.59. The van der Waals surface area contributed by atoms with Crippen molar-refractivity contribution in [3.8, 4) is 0 Å². The third-order valence-corrected chi connectivity index (χ3v) is 1.55. The van der Waals surface area contributed by atoms with Gasteiger partial charge in [-0.3, -0.25) is 0 Å². The van der Waals surface area contributed by atoms with E-state index in [0.717, 1.165) is 0 Å². The smallest absolute Gasteiger partial charge is 0.435 e. The summed E-state index contributed by atoms with van der Waals surface area (Å²) < 4.78 is 91.6. The zero-order chi connectivity index (χ0) is 13.9. The highest BCUT2D eigenvalue weighted by Gasteiger charge is 2.73. The Bertz CT molecular complexity index is 256. The molecular weight excluding hydrogens is 265 g/mol. The average Bonchev–Trinajstić information content (AvgIpc) is 2.10. The van der Waals surface area contributed by atoms with E-state index in [0.29, 0.717) is 0 Å². The first-order valence-corrected chi connectivity index (χ1v) is 4.07. The maximum atomic E-state index is 12.8. The van der Waals surface area contributed by atoms with Crippen LogP contribution in [0.25, 0.3) is 0 Å². The number of rotatable bonds is 3. The molecule has 0 fully saturated rings. The van der Waals surface area contributed by atoms with Crippen LogP contribution in [-0.4, -0.2) is 37.4 Å². The van der Waals surface area contributed by atoms with Crippen molar-refractivity contribution in [2.45, 2.75) is 24.9 Å². The van der Waals surface area contributed by atoms with E-state index < -0.39 is 30.8 Å². The number of alkyl halides is 7. The van der Waals surface area contributed by atoms with Crippen LogP contribution >= 0.6 is 0 Å². The summed E-state index contributed by atoms with van der Waals surface area (Å²) in [6.45, 7) is -1.65. The van der Waals surface area contributed by atoms with E-state index in [1.165, 1.54) is 6.92 Å². The maximum absolute atomic E-state index is 12.8. The monoisotopic (exact) mass is 272 g/mol. The van der Waals surface area contributed by atoms with Gasteiger partial charge in [0, 0.05) is 0 Å². The summed E-state index contributed by atoms with van der Waals surface area (Å²) in [5.41, 5.74) is -5.62. The molecule has 0 aliphatic heterocycles. The van der Waals surface area contributed by atoms with Crippen LogP contribution in [0.15, 0.2) is 0 Å². The molecule has 0 bridgehead atoms. The van der Waals surface area contributed by atoms with Crippen molar-refractivity contribution in [2.75, 3.05) is 13.2 Å². The first-order chi connectivity index (χ1) is 7.45. The molecule has 0 aliphatic carbocycles. The molecule has 0 N–H and O–H groups in total. The third kappa shape index (κ3) is 3.63. The summed E-state index contributed by atoms with van der Waals surface area (Å²) in [5, 5.41) is 0. The SMILES string of the molecule is CCOC(=O)OCC(F)(C(F)(F)F)C(F)(F)F. The number of carbonyl (C=O) groups excluding carboxylic acids is 1. The third-order valence-electron chi connectivity index (χ3n) is 1.55. The Hall–Kier alpha value is -1.22. The van der Waals surface area contributed by atoms with Crippen LogP contribution in [0.3, 0.4) is 0 Å². The summed E-state index contributed by atoms with van der Waals surface area (Å²) >= 11 is 0. The first kappa shape index (κ1) is 15.8. The quantitative estimate of drug-likeness (QED) is 0.585. The lowest BCUT2D eigenvalue weighted by atomic mass is 10.1. The highest BCUT2D eigenvalue weighted by atomic mass is 19.4. The molecule has 3 nitrogen and oxygen atoms in total. The van der Waals surface area contributed by atoms with Gasteiger partial charge in [0.05, 0.1) is 6.61 Å². The van der Waals surface area contributed by atoms with Gasteiger partial charge >= 0.3 is 24.2 Å². The fourth-order valence-electron chi connectivity index (χ4n) is 0.642. The molecule has 17 heavy (non-hydrogen) atoms. The van der Waals surface area contributed by atoms with Crippen molar-refractivity contribution in [3.63, 3.8) is 0 Å². The molecule has 0 radical (unpaired) electrons. The van der Waals surface area contributed by atoms with Crippen LogP contribution < -0.4 is 0 Å². The van der Waals surface area contributed by atoms with E-state index in [1.54, 1.807) is 0 Å². The molecule has 0 aliphatic rings. The summed E-state index contributed by atoms with van der Waals surface area (Å²) in [6, 6.07) is 0. The molecule has 0 atom stereocenters. The van der Waals surface area contributed by atoms with Gasteiger partial charge in [-0.05, 0) is 6.92 Å². The Labute approximate surface area is 90.5 Å². The second-order valence-electron chi connectivity index (χ2n) is 2.77. The van der Waals surface area contributed by atoms with Crippen molar-refractivity contribution >= 4 is 6.16 Å². The van der Waals surface area contributed by atoms with Crippen LogP contribution in [0, 0.1) is 0 Å². The van der Waals surface area contributed by atoms with Gasteiger partial charge in [-0.25, -0.2) is 9.18 Å². The van der Waals surface area contributed by atoms with Crippen molar-refractivity contribution in [3.05, 3.63) is 0 Å². The van der Waals surface area contributed by atoms with Gasteiger partial charge < -0.3 is 9.47 Å². The van der Waals surface area contributed by atoms with Gasteiger partial charge in [0.1, 0.15) is 6.61 Å². The lowest BCUT2D eigenvalue weighted by Gasteiger charge is -2.28. The molecule has 0 aromatic rings. The summed E-state index contributed by atoms with van der Waals surface area (Å²) in [7, 11) is 0. The standard InChI is InChI=1S/C7H7F7O3/c1-2-16-4(15)17-3-5(8,6(9,10)11)7(12,13)14/h2-3H2,1H3. The van der Waals surface area contributed by atoms with E-state index >= 15 is 0 Å². The predicted octanol–water partition coefficient (Wildman–Crippen LogP) is 2.99. The Morgan fingerprint density at radius 3 is 1.65 bits per heavy atom. The van der Waals surface area contributed by atoms with Gasteiger partial charge in [0.25, 0.3) is 0 Å². The second-order valence-corrected chi connectivity index (χ2v) is 2.77. The van der Waals surface area contributed by atoms with Gasteiger partial charge in [0.15, 0.2) is 0 Å². The number of halogens is 7. The minimum atomic E-state index is -6.25. The maximum Gasteiger partial charge on any atom is 0.508 e. The van der Waals surface area contributed by atoms with Crippen molar-refractivity contribution < 1.29 is 45.0 Å². The van der Waals surface area contributed by atoms with Crippen molar-refractivity contribution in [2.24, 2.45) is 0 Å². The molecule has 0 rings (SSSR count). The van der Waals surface area contributed by atoms with Crippen LogP contribution in [0.4, 0.5) is 35.5 Å². The minimum absolute atomic E-state index is 0.337. The molecule has 0 aromatic carbocycles. The van der Waals surface area contributed by atoms with Gasteiger partial charge in [-0.15, -0.1) is 0 Å². The van der Waals surface area contributed by atoms with Crippen LogP contribution in [0.5, 0.6) is 0 Å². The van der Waals surface area contributed by atoms with E-state index in [9.17, 15) is 35.5 Å². The van der Waals surface area contributed by atoms with Gasteiger partial charge in [0.2, 0.25) is 0 Å². The molecule has 0 saturated heterocycles. The number of hydrogen-bond donors (Lipinski definition) is 0. The highest BCUT2D eigenvalue weighted by Crippen LogP contribution is 2.46. The fourth-order valence-corrected chi connectivity index (χ4v) is 0.642. The van der Waals surface area contributed by atoms with Crippen LogP contribution in [0.2, 0.25) is 0 Å². The Balaban J connectivity index is 4.82. The fraction of sp³-hybridized carbons (Fsp3) is 0.857.